The second kappa shape index (κ2) is 14.5. The number of nitrogens with zero attached hydrogens (tertiary/aromatic N) is 5. The van der Waals surface area contributed by atoms with E-state index in [1.54, 1.807) is 38.1 Å². The predicted octanol–water partition coefficient (Wildman–Crippen LogP) is 4.20. The predicted molar refractivity (Wildman–Crippen MR) is 173 cm³/mol. The van der Waals surface area contributed by atoms with Gasteiger partial charge >= 0.3 is 0 Å². The van der Waals surface area contributed by atoms with E-state index in [4.69, 9.17) is 44.1 Å². The minimum absolute atomic E-state index is 0.154. The fourth-order valence-corrected chi connectivity index (χ4v) is 6.31. The zero-order chi connectivity index (χ0) is 32.1. The van der Waals surface area contributed by atoms with Crippen molar-refractivity contribution in [3.8, 4) is 5.75 Å². The summed E-state index contributed by atoms with van der Waals surface area (Å²) < 4.78 is 11.0. The van der Waals surface area contributed by atoms with Gasteiger partial charge in [0, 0.05) is 51.6 Å². The lowest BCUT2D eigenvalue weighted by atomic mass is 9.90. The number of amides is 3. The molecular weight excluding hydrogens is 631 g/mol. The molecule has 2 aliphatic rings. The molecule has 0 bridgehead atoms. The highest BCUT2D eigenvalue weighted by molar-refractivity contribution is 6.42. The largest absolute Gasteiger partial charge is 0.493 e. The summed E-state index contributed by atoms with van der Waals surface area (Å²) in [6.07, 6.45) is 4.36. The third-order valence-corrected chi connectivity index (χ3v) is 9.84. The molecule has 4 rings (SSSR count). The van der Waals surface area contributed by atoms with Crippen LogP contribution in [-0.4, -0.2) is 103 Å². The molecule has 0 spiro atoms. The third-order valence-electron chi connectivity index (χ3n) is 7.97. The van der Waals surface area contributed by atoms with Gasteiger partial charge in [-0.2, -0.15) is 0 Å². The summed E-state index contributed by atoms with van der Waals surface area (Å²) in [6, 6.07) is 6.93. The van der Waals surface area contributed by atoms with Gasteiger partial charge in [-0.1, -0.05) is 5.16 Å². The lowest BCUT2D eigenvalue weighted by Crippen LogP contribution is -2.55. The summed E-state index contributed by atoms with van der Waals surface area (Å²) >= 11 is 20.1. The smallest absolute Gasteiger partial charge is 0.289 e. The highest BCUT2D eigenvalue weighted by Gasteiger charge is 2.46. The van der Waals surface area contributed by atoms with Gasteiger partial charge < -0.3 is 29.3 Å². The zero-order valence-corrected chi connectivity index (χ0v) is 27.7. The molecule has 0 aliphatic carbocycles. The molecular formula is C30H39Cl3N6O5. The Labute approximate surface area is 272 Å². The molecule has 0 saturated carbocycles. The first-order valence-electron chi connectivity index (χ1n) is 14.6. The molecule has 14 heteroatoms. The molecule has 3 amide bonds. The first-order chi connectivity index (χ1) is 20.9. The number of rotatable bonds is 13. The number of carbonyl (C=O) groups is 3. The van der Waals surface area contributed by atoms with E-state index in [-0.39, 0.29) is 23.5 Å². The lowest BCUT2D eigenvalue weighted by Gasteiger charge is -2.40. The molecule has 1 N–H and O–H groups in total. The van der Waals surface area contributed by atoms with E-state index in [2.05, 4.69) is 20.4 Å². The maximum absolute atomic E-state index is 13.2. The summed E-state index contributed by atoms with van der Waals surface area (Å²) in [5.41, 5.74) is 0.107. The van der Waals surface area contributed by atoms with E-state index in [0.717, 1.165) is 0 Å². The van der Waals surface area contributed by atoms with Crippen LogP contribution in [-0.2, 0) is 9.59 Å². The van der Waals surface area contributed by atoms with Crippen molar-refractivity contribution in [3.63, 3.8) is 0 Å². The molecule has 2 aliphatic heterocycles. The van der Waals surface area contributed by atoms with Crippen molar-refractivity contribution in [1.29, 1.82) is 0 Å². The number of fused-ring (bicyclic) bond motifs is 1. The van der Waals surface area contributed by atoms with Crippen LogP contribution in [0.4, 0.5) is 11.4 Å². The number of carbonyl (C=O) groups excluding carboxylic acids is 3. The average Bonchev–Trinajstić information content (AvgIpc) is 3.54. The van der Waals surface area contributed by atoms with E-state index in [1.165, 1.54) is 17.2 Å². The maximum atomic E-state index is 13.2. The number of aliphatic imine (C=N–C) groups is 1. The van der Waals surface area contributed by atoms with Crippen molar-refractivity contribution >= 4 is 70.1 Å². The van der Waals surface area contributed by atoms with E-state index < -0.39 is 21.0 Å². The van der Waals surface area contributed by atoms with Gasteiger partial charge in [0.2, 0.25) is 17.6 Å². The summed E-state index contributed by atoms with van der Waals surface area (Å²) in [7, 11) is 1.68. The van der Waals surface area contributed by atoms with E-state index in [0.29, 0.717) is 75.8 Å². The minimum atomic E-state index is -1.18. The maximum Gasteiger partial charge on any atom is 0.289 e. The van der Waals surface area contributed by atoms with E-state index >= 15 is 0 Å². The van der Waals surface area contributed by atoms with Gasteiger partial charge in [-0.05, 0) is 52.3 Å². The molecule has 3 heterocycles. The average molecular weight is 670 g/mol. The number of anilines is 2. The van der Waals surface area contributed by atoms with Crippen molar-refractivity contribution in [1.82, 2.24) is 15.4 Å². The van der Waals surface area contributed by atoms with Crippen LogP contribution >= 0.6 is 34.8 Å². The molecule has 1 aromatic heterocycles. The summed E-state index contributed by atoms with van der Waals surface area (Å²) in [5.74, 6) is -0.0954. The number of benzene rings is 1. The topological polar surface area (TPSA) is 121 Å². The van der Waals surface area contributed by atoms with Gasteiger partial charge in [-0.25, -0.2) is 0 Å². The first kappa shape index (κ1) is 34.0. The van der Waals surface area contributed by atoms with Crippen LogP contribution in [0.5, 0.6) is 5.75 Å². The summed E-state index contributed by atoms with van der Waals surface area (Å²) in [6.45, 7) is 8.50. The van der Waals surface area contributed by atoms with Gasteiger partial charge in [0.05, 0.1) is 46.4 Å². The molecule has 11 nitrogen and oxygen atoms in total. The Morgan fingerprint density at radius 1 is 1.16 bits per heavy atom. The van der Waals surface area contributed by atoms with Crippen LogP contribution in [0.15, 0.2) is 40.0 Å². The van der Waals surface area contributed by atoms with E-state index in [1.807, 2.05) is 19.1 Å². The molecule has 0 radical (unpaired) electrons. The van der Waals surface area contributed by atoms with Crippen molar-refractivity contribution in [3.05, 3.63) is 36.2 Å². The highest BCUT2D eigenvalue weighted by atomic mass is 35.5. The number of ether oxygens (including phenoxy) is 1. The van der Waals surface area contributed by atoms with Crippen LogP contribution in [0, 0.1) is 5.41 Å². The molecule has 0 saturated heterocycles. The molecule has 3 unspecified atom stereocenters. The number of hydrogen-bond donors (Lipinski definition) is 1. The highest BCUT2D eigenvalue weighted by Crippen LogP contribution is 2.40. The normalized spacial score (nSPS) is 23.1. The van der Waals surface area contributed by atoms with Crippen molar-refractivity contribution in [2.75, 3.05) is 62.7 Å². The monoisotopic (exact) mass is 668 g/mol. The van der Waals surface area contributed by atoms with Gasteiger partial charge in [-0.15, -0.1) is 34.8 Å². The number of aromatic nitrogens is 1. The Morgan fingerprint density at radius 2 is 1.91 bits per heavy atom. The quantitative estimate of drug-likeness (QED) is 0.193. The Bertz CT molecular complexity index is 1360. The second-order valence-corrected chi connectivity index (χ2v) is 13.2. The summed E-state index contributed by atoms with van der Waals surface area (Å²) in [4.78, 5) is 47.1. The Morgan fingerprint density at radius 3 is 2.59 bits per heavy atom. The minimum Gasteiger partial charge on any atom is -0.493 e. The van der Waals surface area contributed by atoms with Gasteiger partial charge in [-0.3, -0.25) is 19.4 Å². The van der Waals surface area contributed by atoms with Crippen LogP contribution in [0.1, 0.15) is 44.2 Å². The molecule has 1 aromatic carbocycles. The molecule has 44 heavy (non-hydrogen) atoms. The SMILES string of the molecule is CCN1C(=O)C(C)(C)C(=O)N(C)c2cc(OCCCN(CCCNC(=O)c3ccno3)CC3(Cl)C(Cl)C=NCC3Cl)ccc21. The van der Waals surface area contributed by atoms with Crippen LogP contribution in [0.3, 0.4) is 0 Å². The fourth-order valence-electron chi connectivity index (χ4n) is 5.37. The van der Waals surface area contributed by atoms with E-state index in [9.17, 15) is 14.4 Å². The third kappa shape index (κ3) is 7.33. The van der Waals surface area contributed by atoms with Crippen LogP contribution in [0.25, 0.3) is 0 Å². The van der Waals surface area contributed by atoms with Gasteiger partial charge in [0.25, 0.3) is 5.91 Å². The number of hydrogen-bond acceptors (Lipinski definition) is 8. The second-order valence-electron chi connectivity index (χ2n) is 11.5. The van der Waals surface area contributed by atoms with Gasteiger partial charge in [0.15, 0.2) is 0 Å². The van der Waals surface area contributed by atoms with Crippen LogP contribution in [0.2, 0.25) is 0 Å². The summed E-state index contributed by atoms with van der Waals surface area (Å²) in [5, 5.41) is 5.41. The molecule has 240 valence electrons. The first-order valence-corrected chi connectivity index (χ1v) is 15.9. The lowest BCUT2D eigenvalue weighted by molar-refractivity contribution is -0.137. The van der Waals surface area contributed by atoms with Crippen LogP contribution < -0.4 is 19.9 Å². The molecule has 0 fully saturated rings. The van der Waals surface area contributed by atoms with Crippen molar-refractivity contribution in [2.45, 2.75) is 49.2 Å². The molecule has 3 atom stereocenters. The number of nitrogens with one attached hydrogen (secondary N) is 1. The standard InChI is InChI=1S/C30H39Cl3N6O5/c1-5-39-21-9-8-20(16-22(21)37(4)27(41)29(2,3)28(39)42)43-15-7-14-38(19-30(33)24(31)17-34-18-25(30)32)13-6-11-35-26(40)23-10-12-36-44-23/h8-10,12,16-17,24-25H,5-7,11,13-15,18-19H2,1-4H3,(H,35,40). The van der Waals surface area contributed by atoms with Crippen molar-refractivity contribution < 1.29 is 23.6 Å². The Hall–Kier alpha value is -2.86. The molecule has 2 aromatic rings. The number of alkyl halides is 3. The van der Waals surface area contributed by atoms with Crippen molar-refractivity contribution in [2.24, 2.45) is 10.4 Å². The number of halogens is 3. The van der Waals surface area contributed by atoms with Gasteiger partial charge in [0.1, 0.15) is 11.2 Å². The Balaban J connectivity index is 1.38. The zero-order valence-electron chi connectivity index (χ0n) is 25.4. The Kier molecular flexibility index (Phi) is 11.2. The fraction of sp³-hybridized carbons (Fsp3) is 0.567.